The fourth-order valence-electron chi connectivity index (χ4n) is 2.49. The first-order valence-corrected chi connectivity index (χ1v) is 8.01. The van der Waals surface area contributed by atoms with Crippen molar-refractivity contribution in [2.24, 2.45) is 0 Å². The Labute approximate surface area is 118 Å². The molecule has 0 spiro atoms. The first-order chi connectivity index (χ1) is 9.32. The van der Waals surface area contributed by atoms with Crippen molar-refractivity contribution in [3.8, 4) is 0 Å². The van der Waals surface area contributed by atoms with Crippen LogP contribution in [-0.2, 0) is 10.0 Å². The fraction of sp³-hybridized carbons (Fsp3) is 0.538. The van der Waals surface area contributed by atoms with Crippen LogP contribution in [0.25, 0.3) is 0 Å². The molecule has 1 fully saturated rings. The molecule has 0 aliphatic carbocycles. The van der Waals surface area contributed by atoms with Gasteiger partial charge >= 0.3 is 0 Å². The van der Waals surface area contributed by atoms with Gasteiger partial charge in [0.2, 0.25) is 10.0 Å². The van der Waals surface area contributed by atoms with Crippen LogP contribution in [0.5, 0.6) is 0 Å². The van der Waals surface area contributed by atoms with E-state index < -0.39 is 26.6 Å². The van der Waals surface area contributed by atoms with E-state index in [1.165, 1.54) is 16.3 Å². The van der Waals surface area contributed by atoms with Gasteiger partial charge in [-0.3, -0.25) is 0 Å². The predicted octanol–water partition coefficient (Wildman–Crippen LogP) is 0.262. The van der Waals surface area contributed by atoms with E-state index in [2.05, 4.69) is 7.05 Å². The Balaban J connectivity index is 2.25. The number of rotatable bonds is 3. The van der Waals surface area contributed by atoms with Crippen molar-refractivity contribution in [3.63, 3.8) is 0 Å². The van der Waals surface area contributed by atoms with Crippen molar-refractivity contribution >= 4 is 10.0 Å². The number of halogens is 2. The molecule has 1 aliphatic rings. The lowest BCUT2D eigenvalue weighted by molar-refractivity contribution is -0.885. The monoisotopic (exact) mass is 305 g/mol. The lowest BCUT2D eigenvalue weighted by Gasteiger charge is -2.32. The maximum atomic E-state index is 13.7. The molecule has 1 aromatic rings. The maximum absolute atomic E-state index is 13.7. The van der Waals surface area contributed by atoms with Crippen LogP contribution < -0.4 is 4.90 Å². The van der Waals surface area contributed by atoms with Crippen LogP contribution in [0.3, 0.4) is 0 Å². The number of likely N-dealkylation sites (tertiary alicyclic amines) is 1. The number of benzene rings is 1. The van der Waals surface area contributed by atoms with E-state index in [-0.39, 0.29) is 6.04 Å². The summed E-state index contributed by atoms with van der Waals surface area (Å²) in [6.45, 7) is 1.77. The molecule has 0 bridgehead atoms. The van der Waals surface area contributed by atoms with Gasteiger partial charge in [0.25, 0.3) is 0 Å². The Morgan fingerprint density at radius 3 is 2.40 bits per heavy atom. The molecular weight excluding hydrogens is 286 g/mol. The van der Waals surface area contributed by atoms with E-state index in [4.69, 9.17) is 0 Å². The minimum atomic E-state index is -3.92. The van der Waals surface area contributed by atoms with E-state index in [0.717, 1.165) is 38.1 Å². The number of hydrogen-bond acceptors (Lipinski definition) is 2. The Morgan fingerprint density at radius 2 is 1.85 bits per heavy atom. The third-order valence-electron chi connectivity index (χ3n) is 3.87. The number of piperidine rings is 1. The molecule has 0 radical (unpaired) electrons. The van der Waals surface area contributed by atoms with E-state index in [0.29, 0.717) is 6.07 Å². The van der Waals surface area contributed by atoms with Crippen molar-refractivity contribution in [2.75, 3.05) is 27.2 Å². The molecule has 0 unspecified atom stereocenters. The van der Waals surface area contributed by atoms with Gasteiger partial charge in [0.15, 0.2) is 0 Å². The Morgan fingerprint density at radius 1 is 1.25 bits per heavy atom. The van der Waals surface area contributed by atoms with Gasteiger partial charge in [-0.1, -0.05) is 0 Å². The normalized spacial score (nSPS) is 24.1. The highest BCUT2D eigenvalue weighted by molar-refractivity contribution is 7.89. The highest BCUT2D eigenvalue weighted by atomic mass is 32.2. The molecule has 112 valence electrons. The van der Waals surface area contributed by atoms with E-state index >= 15 is 0 Å². The molecule has 0 aromatic heterocycles. The molecular formula is C13H19F2N2O2S+. The maximum Gasteiger partial charge on any atom is 0.245 e. The summed E-state index contributed by atoms with van der Waals surface area (Å²) in [6.07, 6.45) is 1.48. The average molecular weight is 305 g/mol. The molecule has 7 heteroatoms. The van der Waals surface area contributed by atoms with Crippen LogP contribution in [0.15, 0.2) is 23.1 Å². The van der Waals surface area contributed by atoms with Crippen LogP contribution >= 0.6 is 0 Å². The topological polar surface area (TPSA) is 41.8 Å². The molecule has 1 heterocycles. The number of quaternary nitrogens is 1. The van der Waals surface area contributed by atoms with Gasteiger partial charge in [-0.25, -0.2) is 17.2 Å². The van der Waals surface area contributed by atoms with Gasteiger partial charge in [0, 0.05) is 32.0 Å². The summed E-state index contributed by atoms with van der Waals surface area (Å²) in [5.74, 6) is -1.83. The first kappa shape index (κ1) is 15.3. The third-order valence-corrected chi connectivity index (χ3v) is 5.82. The highest BCUT2D eigenvalue weighted by Gasteiger charge is 2.33. The summed E-state index contributed by atoms with van der Waals surface area (Å²) in [5, 5.41) is 0. The molecule has 1 N–H and O–H groups in total. The van der Waals surface area contributed by atoms with Crippen LogP contribution in [0.2, 0.25) is 0 Å². The summed E-state index contributed by atoms with van der Waals surface area (Å²) in [7, 11) is -0.399. The molecule has 0 amide bonds. The van der Waals surface area contributed by atoms with Crippen LogP contribution in [0.4, 0.5) is 8.78 Å². The number of nitrogens with one attached hydrogen (secondary N) is 1. The minimum absolute atomic E-state index is 0.131. The standard InChI is InChI=1S/C13H18F2N2O2S/c1-16-7-5-11(6-8-16)17(2)20(18,19)13-4-3-10(14)9-12(13)15/h3-4,9,11H,5-8H2,1-2H3/p+1. The average Bonchev–Trinajstić information content (AvgIpc) is 2.38. The van der Waals surface area contributed by atoms with Gasteiger partial charge in [-0.2, -0.15) is 4.31 Å². The molecule has 4 nitrogen and oxygen atoms in total. The van der Waals surface area contributed by atoms with Crippen molar-refractivity contribution in [2.45, 2.75) is 23.8 Å². The molecule has 0 saturated carbocycles. The van der Waals surface area contributed by atoms with Crippen LogP contribution in [0, 0.1) is 11.6 Å². The van der Waals surface area contributed by atoms with Crippen molar-refractivity contribution in [1.29, 1.82) is 0 Å². The zero-order valence-electron chi connectivity index (χ0n) is 11.6. The minimum Gasteiger partial charge on any atom is -0.337 e. The van der Waals surface area contributed by atoms with Crippen LogP contribution in [0.1, 0.15) is 12.8 Å². The lowest BCUT2D eigenvalue weighted by atomic mass is 10.1. The Bertz CT molecular complexity index is 584. The first-order valence-electron chi connectivity index (χ1n) is 6.57. The molecule has 20 heavy (non-hydrogen) atoms. The summed E-state index contributed by atoms with van der Waals surface area (Å²) >= 11 is 0. The van der Waals surface area contributed by atoms with Gasteiger partial charge < -0.3 is 4.90 Å². The Kier molecular flexibility index (Phi) is 4.41. The van der Waals surface area contributed by atoms with Gasteiger partial charge in [0.1, 0.15) is 16.5 Å². The summed E-state index contributed by atoms with van der Waals surface area (Å²) < 4.78 is 52.6. The molecule has 1 saturated heterocycles. The zero-order chi connectivity index (χ0) is 14.9. The third kappa shape index (κ3) is 2.99. The summed E-state index contributed by atoms with van der Waals surface area (Å²) in [4.78, 5) is 0.896. The smallest absolute Gasteiger partial charge is 0.245 e. The number of nitrogens with zero attached hydrogens (tertiary/aromatic N) is 1. The SMILES string of the molecule is CN(C1CC[NH+](C)CC1)S(=O)(=O)c1ccc(F)cc1F. The zero-order valence-corrected chi connectivity index (χ0v) is 12.4. The van der Waals surface area contributed by atoms with Crippen molar-refractivity contribution < 1.29 is 22.1 Å². The van der Waals surface area contributed by atoms with Gasteiger partial charge in [-0.05, 0) is 12.1 Å². The second-order valence-corrected chi connectivity index (χ2v) is 7.25. The van der Waals surface area contributed by atoms with Crippen molar-refractivity contribution in [3.05, 3.63) is 29.8 Å². The molecule has 0 atom stereocenters. The van der Waals surface area contributed by atoms with E-state index in [1.54, 1.807) is 0 Å². The number of sulfonamides is 1. The van der Waals surface area contributed by atoms with Gasteiger partial charge in [-0.15, -0.1) is 0 Å². The number of hydrogen-bond donors (Lipinski definition) is 1. The summed E-state index contributed by atoms with van der Waals surface area (Å²) in [5.41, 5.74) is 0. The molecule has 2 rings (SSSR count). The van der Waals surface area contributed by atoms with Crippen molar-refractivity contribution in [1.82, 2.24) is 4.31 Å². The van der Waals surface area contributed by atoms with E-state index in [9.17, 15) is 17.2 Å². The highest BCUT2D eigenvalue weighted by Crippen LogP contribution is 2.22. The summed E-state index contributed by atoms with van der Waals surface area (Å²) in [6, 6.07) is 2.41. The second-order valence-electron chi connectivity index (χ2n) is 5.28. The second kappa shape index (κ2) is 5.75. The molecule has 1 aliphatic heterocycles. The van der Waals surface area contributed by atoms with E-state index in [1.807, 2.05) is 0 Å². The Hall–Kier alpha value is -1.05. The predicted molar refractivity (Wildman–Crippen MR) is 70.9 cm³/mol. The lowest BCUT2D eigenvalue weighted by Crippen LogP contribution is -3.10. The molecule has 1 aromatic carbocycles. The van der Waals surface area contributed by atoms with Gasteiger partial charge in [0.05, 0.1) is 20.1 Å². The largest absolute Gasteiger partial charge is 0.337 e. The fourth-order valence-corrected chi connectivity index (χ4v) is 3.95. The van der Waals surface area contributed by atoms with Crippen LogP contribution in [-0.4, -0.2) is 45.9 Å². The quantitative estimate of drug-likeness (QED) is 0.870.